The average molecular weight is 273 g/mol. The van der Waals surface area contributed by atoms with Gasteiger partial charge in [0.2, 0.25) is 0 Å². The zero-order valence-electron chi connectivity index (χ0n) is 11.7. The zero-order valence-corrected chi connectivity index (χ0v) is 11.7. The van der Waals surface area contributed by atoms with Crippen LogP contribution in [-0.2, 0) is 0 Å². The van der Waals surface area contributed by atoms with Crippen LogP contribution in [0.4, 0.5) is 0 Å². The van der Waals surface area contributed by atoms with Gasteiger partial charge in [-0.05, 0) is 18.4 Å². The Morgan fingerprint density at radius 2 is 2.00 bits per heavy atom. The Kier molecular flexibility index (Phi) is 4.98. The van der Waals surface area contributed by atoms with Crippen molar-refractivity contribution in [3.05, 3.63) is 35.9 Å². The van der Waals surface area contributed by atoms with Crippen molar-refractivity contribution in [2.75, 3.05) is 6.54 Å². The second kappa shape index (κ2) is 6.93. The molecule has 5 heteroatoms. The first kappa shape index (κ1) is 14.4. The molecule has 0 fully saturated rings. The molecule has 2 unspecified atom stereocenters. The molecule has 5 nitrogen and oxygen atoms in total. The molecule has 1 aliphatic rings. The van der Waals surface area contributed by atoms with Crippen LogP contribution in [0.3, 0.4) is 0 Å². The largest absolute Gasteiger partial charge is 0.387 e. The number of rotatable bonds is 4. The first-order chi connectivity index (χ1) is 9.66. The molecule has 0 saturated carbocycles. The number of benzene rings is 1. The molecule has 1 heterocycles. The number of hydrogen-bond donors (Lipinski definition) is 3. The highest BCUT2D eigenvalue weighted by Gasteiger charge is 2.24. The molecular weight excluding hydrogens is 250 g/mol. The number of guanidine groups is 1. The summed E-state index contributed by atoms with van der Waals surface area (Å²) in [6, 6.07) is 10.4. The van der Waals surface area contributed by atoms with Crippen molar-refractivity contribution >= 4 is 11.8 Å². The van der Waals surface area contributed by atoms with Gasteiger partial charge in [-0.3, -0.25) is 9.98 Å². The van der Waals surface area contributed by atoms with Gasteiger partial charge in [0.15, 0.2) is 5.96 Å². The maximum atomic E-state index is 5.96. The van der Waals surface area contributed by atoms with Crippen molar-refractivity contribution in [3.63, 3.8) is 0 Å². The molecule has 1 aromatic rings. The molecular formula is C15H23N5. The SMILES string of the molecule is NC(N)=NCC(c1ccccc1)C1CCCCC(N)=N1. The van der Waals surface area contributed by atoms with Crippen molar-refractivity contribution in [1.82, 2.24) is 0 Å². The van der Waals surface area contributed by atoms with E-state index < -0.39 is 0 Å². The first-order valence-electron chi connectivity index (χ1n) is 7.09. The number of nitrogens with two attached hydrogens (primary N) is 3. The van der Waals surface area contributed by atoms with Crippen molar-refractivity contribution in [1.29, 1.82) is 0 Å². The maximum Gasteiger partial charge on any atom is 0.185 e. The minimum absolute atomic E-state index is 0.122. The lowest BCUT2D eigenvalue weighted by atomic mass is 9.89. The Balaban J connectivity index is 2.25. The lowest BCUT2D eigenvalue weighted by Crippen LogP contribution is -2.27. The fraction of sp³-hybridized carbons (Fsp3) is 0.467. The van der Waals surface area contributed by atoms with Crippen LogP contribution in [0.5, 0.6) is 0 Å². The highest BCUT2D eigenvalue weighted by atomic mass is 15.0. The minimum Gasteiger partial charge on any atom is -0.387 e. The van der Waals surface area contributed by atoms with Gasteiger partial charge in [-0.15, -0.1) is 0 Å². The number of amidine groups is 1. The van der Waals surface area contributed by atoms with Crippen LogP contribution in [0.15, 0.2) is 40.3 Å². The van der Waals surface area contributed by atoms with E-state index in [-0.39, 0.29) is 17.9 Å². The third-order valence-corrected chi connectivity index (χ3v) is 3.68. The maximum absolute atomic E-state index is 5.96. The molecule has 0 amide bonds. The third kappa shape index (κ3) is 3.98. The molecule has 0 aliphatic carbocycles. The quantitative estimate of drug-likeness (QED) is 0.569. The van der Waals surface area contributed by atoms with E-state index in [4.69, 9.17) is 17.2 Å². The zero-order chi connectivity index (χ0) is 14.4. The summed E-state index contributed by atoms with van der Waals surface area (Å²) in [4.78, 5) is 8.87. The predicted molar refractivity (Wildman–Crippen MR) is 83.7 cm³/mol. The van der Waals surface area contributed by atoms with Gasteiger partial charge in [-0.25, -0.2) is 0 Å². The molecule has 0 spiro atoms. The van der Waals surface area contributed by atoms with Gasteiger partial charge in [0.05, 0.1) is 18.4 Å². The predicted octanol–water partition coefficient (Wildman–Crippen LogP) is 1.34. The van der Waals surface area contributed by atoms with E-state index in [0.29, 0.717) is 6.54 Å². The summed E-state index contributed by atoms with van der Waals surface area (Å²) >= 11 is 0. The van der Waals surface area contributed by atoms with E-state index in [1.165, 1.54) is 5.56 Å². The Morgan fingerprint density at radius 3 is 2.70 bits per heavy atom. The standard InChI is InChI=1S/C15H23N5/c16-14-9-5-4-8-13(20-14)12(10-19-15(17)18)11-6-2-1-3-7-11/h1-3,6-7,12-13H,4-5,8-10H2,(H2,16,20)(H4,17,18,19). The molecule has 6 N–H and O–H groups in total. The van der Waals surface area contributed by atoms with Gasteiger partial charge in [0.1, 0.15) is 0 Å². The van der Waals surface area contributed by atoms with Crippen molar-refractivity contribution < 1.29 is 0 Å². The van der Waals surface area contributed by atoms with Crippen LogP contribution < -0.4 is 17.2 Å². The second-order valence-corrected chi connectivity index (χ2v) is 5.22. The summed E-state index contributed by atoms with van der Waals surface area (Å²) in [7, 11) is 0. The molecule has 0 bridgehead atoms. The van der Waals surface area contributed by atoms with E-state index in [1.54, 1.807) is 0 Å². The van der Waals surface area contributed by atoms with Crippen molar-refractivity contribution in [2.24, 2.45) is 27.2 Å². The lowest BCUT2D eigenvalue weighted by molar-refractivity contribution is 0.498. The fourth-order valence-corrected chi connectivity index (χ4v) is 2.65. The van der Waals surface area contributed by atoms with E-state index in [9.17, 15) is 0 Å². The fourth-order valence-electron chi connectivity index (χ4n) is 2.65. The van der Waals surface area contributed by atoms with Crippen molar-refractivity contribution in [2.45, 2.75) is 37.6 Å². The van der Waals surface area contributed by atoms with Gasteiger partial charge in [0, 0.05) is 12.3 Å². The van der Waals surface area contributed by atoms with Gasteiger partial charge in [0.25, 0.3) is 0 Å². The molecule has 0 saturated heterocycles. The number of nitrogens with zero attached hydrogens (tertiary/aromatic N) is 2. The van der Waals surface area contributed by atoms with E-state index in [0.717, 1.165) is 31.5 Å². The van der Waals surface area contributed by atoms with Crippen LogP contribution in [0, 0.1) is 0 Å². The summed E-state index contributed by atoms with van der Waals surface area (Å²) in [5, 5.41) is 0. The molecule has 1 aliphatic heterocycles. The monoisotopic (exact) mass is 273 g/mol. The first-order valence-corrected chi connectivity index (χ1v) is 7.09. The van der Waals surface area contributed by atoms with Gasteiger partial charge < -0.3 is 17.2 Å². The molecule has 108 valence electrons. The number of aliphatic imine (C=N–C) groups is 2. The highest BCUT2D eigenvalue weighted by Crippen LogP contribution is 2.28. The van der Waals surface area contributed by atoms with E-state index >= 15 is 0 Å². The summed E-state index contributed by atoms with van der Waals surface area (Å²) < 4.78 is 0. The average Bonchev–Trinajstić information content (AvgIpc) is 2.65. The van der Waals surface area contributed by atoms with Crippen LogP contribution >= 0.6 is 0 Å². The third-order valence-electron chi connectivity index (χ3n) is 3.68. The van der Waals surface area contributed by atoms with Crippen LogP contribution in [0.25, 0.3) is 0 Å². The lowest BCUT2D eigenvalue weighted by Gasteiger charge is -2.22. The second-order valence-electron chi connectivity index (χ2n) is 5.22. The molecule has 1 aromatic carbocycles. The van der Waals surface area contributed by atoms with Gasteiger partial charge in [-0.1, -0.05) is 36.8 Å². The molecule has 20 heavy (non-hydrogen) atoms. The molecule has 0 aromatic heterocycles. The molecule has 0 radical (unpaired) electrons. The summed E-state index contributed by atoms with van der Waals surface area (Å²) in [5.74, 6) is 1.05. The molecule has 2 atom stereocenters. The molecule has 2 rings (SSSR count). The Bertz CT molecular complexity index is 476. The Hall–Kier alpha value is -2.04. The normalized spacial score (nSPS) is 20.6. The Labute approximate surface area is 120 Å². The van der Waals surface area contributed by atoms with E-state index in [1.807, 2.05) is 18.2 Å². The van der Waals surface area contributed by atoms with E-state index in [2.05, 4.69) is 22.1 Å². The summed E-state index contributed by atoms with van der Waals surface area (Å²) in [5.41, 5.74) is 18.1. The topological polar surface area (TPSA) is 103 Å². The van der Waals surface area contributed by atoms with Crippen LogP contribution in [-0.4, -0.2) is 24.4 Å². The van der Waals surface area contributed by atoms with Crippen LogP contribution in [0.1, 0.15) is 37.2 Å². The Morgan fingerprint density at radius 1 is 1.25 bits per heavy atom. The van der Waals surface area contributed by atoms with Gasteiger partial charge >= 0.3 is 0 Å². The van der Waals surface area contributed by atoms with Crippen molar-refractivity contribution in [3.8, 4) is 0 Å². The number of hydrogen-bond acceptors (Lipinski definition) is 3. The van der Waals surface area contributed by atoms with Gasteiger partial charge in [-0.2, -0.15) is 0 Å². The minimum atomic E-state index is 0.122. The highest BCUT2D eigenvalue weighted by molar-refractivity contribution is 5.80. The summed E-state index contributed by atoms with van der Waals surface area (Å²) in [6.07, 6.45) is 4.16. The van der Waals surface area contributed by atoms with Crippen LogP contribution in [0.2, 0.25) is 0 Å². The smallest absolute Gasteiger partial charge is 0.185 e. The summed E-state index contributed by atoms with van der Waals surface area (Å²) in [6.45, 7) is 0.549.